The van der Waals surface area contributed by atoms with Gasteiger partial charge in [-0.1, -0.05) is 18.2 Å². The molecule has 2 aromatic carbocycles. The summed E-state index contributed by atoms with van der Waals surface area (Å²) >= 11 is 0. The molecule has 33 heavy (non-hydrogen) atoms. The van der Waals surface area contributed by atoms with E-state index in [0.29, 0.717) is 37.0 Å². The van der Waals surface area contributed by atoms with Crippen LogP contribution in [0.5, 0.6) is 17.2 Å². The largest absolute Gasteiger partial charge is 0.493 e. The van der Waals surface area contributed by atoms with Gasteiger partial charge in [-0.25, -0.2) is 0 Å². The molecule has 0 radical (unpaired) electrons. The molecular weight excluding hydrogens is 420 g/mol. The Morgan fingerprint density at radius 1 is 1.06 bits per heavy atom. The predicted molar refractivity (Wildman–Crippen MR) is 125 cm³/mol. The molecule has 7 heteroatoms. The third-order valence-electron chi connectivity index (χ3n) is 6.24. The zero-order chi connectivity index (χ0) is 22.6. The highest BCUT2D eigenvalue weighted by atomic mass is 16.5. The van der Waals surface area contributed by atoms with Crippen LogP contribution in [0.15, 0.2) is 42.2 Å². The zero-order valence-corrected chi connectivity index (χ0v) is 19.0. The van der Waals surface area contributed by atoms with Crippen molar-refractivity contribution in [2.45, 2.75) is 19.9 Å². The molecule has 1 fully saturated rings. The number of nitrogens with zero attached hydrogens (tertiary/aromatic N) is 2. The van der Waals surface area contributed by atoms with Gasteiger partial charge >= 0.3 is 0 Å². The van der Waals surface area contributed by atoms with Gasteiger partial charge in [0.05, 0.1) is 30.9 Å². The minimum absolute atomic E-state index is 0.108. The molecular formula is C26H30N2O5. The number of hydrogen-bond donors (Lipinski definition) is 0. The second kappa shape index (κ2) is 9.95. The molecule has 5 rings (SSSR count). The molecule has 0 N–H and O–H groups in total. The van der Waals surface area contributed by atoms with Crippen LogP contribution in [-0.2, 0) is 11.3 Å². The highest BCUT2D eigenvalue weighted by molar-refractivity contribution is 6.15. The first-order chi connectivity index (χ1) is 16.2. The van der Waals surface area contributed by atoms with Gasteiger partial charge in [-0.2, -0.15) is 0 Å². The van der Waals surface area contributed by atoms with E-state index in [9.17, 15) is 4.79 Å². The first-order valence-corrected chi connectivity index (χ1v) is 11.7. The Morgan fingerprint density at radius 2 is 1.88 bits per heavy atom. The number of fused-ring (bicyclic) bond motifs is 3. The average molecular weight is 451 g/mol. The molecule has 0 spiro atoms. The average Bonchev–Trinajstić information content (AvgIpc) is 3.17. The van der Waals surface area contributed by atoms with E-state index in [2.05, 4.69) is 9.80 Å². The number of carbonyl (C=O) groups is 1. The van der Waals surface area contributed by atoms with E-state index in [4.69, 9.17) is 18.9 Å². The molecule has 7 nitrogen and oxygen atoms in total. The van der Waals surface area contributed by atoms with Crippen molar-refractivity contribution in [1.82, 2.24) is 9.80 Å². The number of para-hydroxylation sites is 1. The number of allylic oxidation sites excluding steroid dienone is 1. The zero-order valence-electron chi connectivity index (χ0n) is 19.0. The number of Topliss-reactive ketones (excluding diaryl/α,β-unsaturated/α-hetero) is 1. The molecule has 0 atom stereocenters. The van der Waals surface area contributed by atoms with Gasteiger partial charge in [-0.05, 0) is 44.2 Å². The predicted octanol–water partition coefficient (Wildman–Crippen LogP) is 3.58. The summed E-state index contributed by atoms with van der Waals surface area (Å²) in [6.07, 6.45) is 2.83. The van der Waals surface area contributed by atoms with Gasteiger partial charge in [-0.3, -0.25) is 14.6 Å². The fourth-order valence-corrected chi connectivity index (χ4v) is 4.52. The standard InChI is InChI=1S/C26H30N2O5/c1-2-31-22-7-4-3-6-19(22)16-24-25(29)20-8-9-23-21(26(20)33-24)17-28(18-32-23)11-5-10-27-12-14-30-15-13-27/h3-4,6-9,16H,2,5,10-15,17-18H2,1H3/b24-16-. The lowest BCUT2D eigenvalue weighted by atomic mass is 10.0. The number of morpholine rings is 1. The Labute approximate surface area is 194 Å². The Kier molecular flexibility index (Phi) is 6.62. The first-order valence-electron chi connectivity index (χ1n) is 11.7. The minimum atomic E-state index is -0.108. The van der Waals surface area contributed by atoms with E-state index < -0.39 is 0 Å². The van der Waals surface area contributed by atoms with Crippen LogP contribution < -0.4 is 14.2 Å². The van der Waals surface area contributed by atoms with Crippen molar-refractivity contribution in [2.75, 3.05) is 52.7 Å². The summed E-state index contributed by atoms with van der Waals surface area (Å²) in [6, 6.07) is 11.4. The lowest BCUT2D eigenvalue weighted by Gasteiger charge is -2.31. The van der Waals surface area contributed by atoms with Gasteiger partial charge in [0, 0.05) is 31.7 Å². The topological polar surface area (TPSA) is 60.5 Å². The molecule has 1 saturated heterocycles. The highest BCUT2D eigenvalue weighted by Crippen LogP contribution is 2.42. The summed E-state index contributed by atoms with van der Waals surface area (Å²) in [5, 5.41) is 0. The van der Waals surface area contributed by atoms with Gasteiger partial charge in [0.1, 0.15) is 24.0 Å². The van der Waals surface area contributed by atoms with Crippen LogP contribution in [0.1, 0.15) is 34.8 Å². The molecule has 0 unspecified atom stereocenters. The molecule has 174 valence electrons. The Bertz CT molecular complexity index is 1040. The molecule has 3 aliphatic heterocycles. The normalized spacial score (nSPS) is 19.7. The van der Waals surface area contributed by atoms with Crippen LogP contribution in [0.3, 0.4) is 0 Å². The van der Waals surface area contributed by atoms with Crippen molar-refractivity contribution in [1.29, 1.82) is 0 Å². The summed E-state index contributed by atoms with van der Waals surface area (Å²) in [6.45, 7) is 9.39. The number of benzene rings is 2. The molecule has 0 saturated carbocycles. The first kappa shape index (κ1) is 21.9. The molecule has 0 bridgehead atoms. The van der Waals surface area contributed by atoms with Crippen LogP contribution >= 0.6 is 0 Å². The maximum Gasteiger partial charge on any atom is 0.231 e. The minimum Gasteiger partial charge on any atom is -0.493 e. The van der Waals surface area contributed by atoms with E-state index in [-0.39, 0.29) is 5.78 Å². The number of rotatable bonds is 7. The Morgan fingerprint density at radius 3 is 2.73 bits per heavy atom. The van der Waals surface area contributed by atoms with Crippen LogP contribution in [0.4, 0.5) is 0 Å². The summed E-state index contributed by atoms with van der Waals surface area (Å²) < 4.78 is 23.3. The smallest absolute Gasteiger partial charge is 0.231 e. The molecule has 0 amide bonds. The lowest BCUT2D eigenvalue weighted by molar-refractivity contribution is 0.0329. The van der Waals surface area contributed by atoms with Crippen LogP contribution in [-0.4, -0.2) is 68.3 Å². The van der Waals surface area contributed by atoms with Crippen LogP contribution in [0.25, 0.3) is 6.08 Å². The van der Waals surface area contributed by atoms with Crippen molar-refractivity contribution in [3.8, 4) is 17.2 Å². The molecule has 2 aromatic rings. The second-order valence-corrected chi connectivity index (χ2v) is 8.46. The fraction of sp³-hybridized carbons (Fsp3) is 0.423. The van der Waals surface area contributed by atoms with E-state index in [1.807, 2.05) is 37.3 Å². The van der Waals surface area contributed by atoms with Gasteiger partial charge in [0.15, 0.2) is 5.76 Å². The highest BCUT2D eigenvalue weighted by Gasteiger charge is 2.33. The summed E-state index contributed by atoms with van der Waals surface area (Å²) in [4.78, 5) is 17.8. The summed E-state index contributed by atoms with van der Waals surface area (Å²) in [5.74, 6) is 2.35. The van der Waals surface area contributed by atoms with E-state index in [1.165, 1.54) is 0 Å². The Hall–Kier alpha value is -2.87. The van der Waals surface area contributed by atoms with Crippen LogP contribution in [0, 0.1) is 0 Å². The van der Waals surface area contributed by atoms with Gasteiger partial charge in [-0.15, -0.1) is 0 Å². The summed E-state index contributed by atoms with van der Waals surface area (Å²) in [7, 11) is 0. The van der Waals surface area contributed by atoms with Gasteiger partial charge in [0.2, 0.25) is 5.78 Å². The Balaban J connectivity index is 1.30. The third kappa shape index (κ3) is 4.76. The molecule has 0 aliphatic carbocycles. The van der Waals surface area contributed by atoms with E-state index >= 15 is 0 Å². The number of hydrogen-bond acceptors (Lipinski definition) is 7. The second-order valence-electron chi connectivity index (χ2n) is 8.46. The summed E-state index contributed by atoms with van der Waals surface area (Å²) in [5.41, 5.74) is 2.36. The molecule has 0 aromatic heterocycles. The van der Waals surface area contributed by atoms with Gasteiger partial charge < -0.3 is 18.9 Å². The van der Waals surface area contributed by atoms with E-state index in [0.717, 1.165) is 68.4 Å². The van der Waals surface area contributed by atoms with Crippen LogP contribution in [0.2, 0.25) is 0 Å². The van der Waals surface area contributed by atoms with Crippen molar-refractivity contribution in [3.05, 3.63) is 58.8 Å². The van der Waals surface area contributed by atoms with Gasteiger partial charge in [0.25, 0.3) is 0 Å². The van der Waals surface area contributed by atoms with Crippen molar-refractivity contribution < 1.29 is 23.7 Å². The SMILES string of the molecule is CCOc1ccccc1/C=C1\Oc2c(ccc3c2CN(CCCN2CCOCC2)CO3)C1=O. The van der Waals surface area contributed by atoms with Crippen molar-refractivity contribution in [3.63, 3.8) is 0 Å². The number of ether oxygens (including phenoxy) is 4. The van der Waals surface area contributed by atoms with E-state index in [1.54, 1.807) is 12.1 Å². The number of carbonyl (C=O) groups excluding carboxylic acids is 1. The quantitative estimate of drug-likeness (QED) is 0.598. The van der Waals surface area contributed by atoms with Crippen molar-refractivity contribution in [2.24, 2.45) is 0 Å². The third-order valence-corrected chi connectivity index (χ3v) is 6.24. The lowest BCUT2D eigenvalue weighted by Crippen LogP contribution is -2.39. The maximum absolute atomic E-state index is 13.1. The number of ketones is 1. The molecule has 3 heterocycles. The monoisotopic (exact) mass is 450 g/mol. The maximum atomic E-state index is 13.1. The fourth-order valence-electron chi connectivity index (χ4n) is 4.52. The molecule has 3 aliphatic rings. The van der Waals surface area contributed by atoms with Crippen molar-refractivity contribution >= 4 is 11.9 Å².